The van der Waals surface area contributed by atoms with Gasteiger partial charge >= 0.3 is 6.16 Å². The zero-order valence-corrected chi connectivity index (χ0v) is 10.5. The van der Waals surface area contributed by atoms with Gasteiger partial charge < -0.3 is 5.11 Å². The van der Waals surface area contributed by atoms with Crippen molar-refractivity contribution >= 4 is 18.0 Å². The molecule has 0 aromatic carbocycles. The molecule has 0 radical (unpaired) electrons. The van der Waals surface area contributed by atoms with Gasteiger partial charge in [0, 0.05) is 5.57 Å². The maximum absolute atomic E-state index is 12.4. The minimum atomic E-state index is -1.66. The molecule has 6 nitrogen and oxygen atoms in total. The van der Waals surface area contributed by atoms with Gasteiger partial charge in [-0.05, 0) is 18.3 Å². The lowest BCUT2D eigenvalue weighted by molar-refractivity contribution is -0.196. The molecule has 2 rings (SSSR count). The molecule has 0 aromatic heterocycles. The summed E-state index contributed by atoms with van der Waals surface area (Å²) in [6, 6.07) is 0. The van der Waals surface area contributed by atoms with Gasteiger partial charge in [0.1, 0.15) is 0 Å². The SMILES string of the molecule is CC(C)(C)C12CC=C(C1)C(=O)N(OC(=O)O)C2=O. The number of amides is 2. The number of carbonyl (C=O) groups excluding carboxylic acids is 2. The van der Waals surface area contributed by atoms with Crippen LogP contribution in [0.4, 0.5) is 4.79 Å². The molecule has 2 amide bonds. The van der Waals surface area contributed by atoms with Crippen molar-refractivity contribution in [1.82, 2.24) is 5.06 Å². The highest BCUT2D eigenvalue weighted by molar-refractivity contribution is 6.10. The molecular weight excluding hydrogens is 238 g/mol. The van der Waals surface area contributed by atoms with Gasteiger partial charge in [-0.3, -0.25) is 14.4 Å². The normalized spacial score (nSPS) is 27.3. The predicted molar refractivity (Wildman–Crippen MR) is 60.2 cm³/mol. The molecule has 1 unspecified atom stereocenters. The fourth-order valence-electron chi connectivity index (χ4n) is 2.56. The first-order valence-electron chi connectivity index (χ1n) is 5.68. The monoisotopic (exact) mass is 253 g/mol. The number of hydrogen-bond acceptors (Lipinski definition) is 4. The molecule has 0 saturated carbocycles. The molecule has 1 aliphatic carbocycles. The topological polar surface area (TPSA) is 83.9 Å². The van der Waals surface area contributed by atoms with E-state index >= 15 is 0 Å². The maximum atomic E-state index is 12.4. The predicted octanol–water partition coefficient (Wildman–Crippen LogP) is 1.72. The van der Waals surface area contributed by atoms with Crippen LogP contribution in [0.2, 0.25) is 0 Å². The lowest BCUT2D eigenvalue weighted by Gasteiger charge is -2.44. The standard InChI is InChI=1S/C12H15NO5/c1-11(2,3)12-5-4-7(6-12)8(14)13(9(12)15)18-10(16)17/h4H,5-6H2,1-3H3,(H,16,17). The lowest BCUT2D eigenvalue weighted by Crippen LogP contribution is -2.55. The van der Waals surface area contributed by atoms with E-state index in [0.717, 1.165) is 0 Å². The Morgan fingerprint density at radius 2 is 2.06 bits per heavy atom. The van der Waals surface area contributed by atoms with E-state index in [9.17, 15) is 14.4 Å². The first kappa shape index (κ1) is 12.6. The fraction of sp³-hybridized carbons (Fsp3) is 0.583. The zero-order valence-electron chi connectivity index (χ0n) is 10.5. The molecule has 1 fully saturated rings. The van der Waals surface area contributed by atoms with Gasteiger partial charge in [0.25, 0.3) is 11.8 Å². The third-order valence-electron chi connectivity index (χ3n) is 3.85. The summed E-state index contributed by atoms with van der Waals surface area (Å²) in [6.07, 6.45) is 0.836. The first-order chi connectivity index (χ1) is 8.19. The minimum absolute atomic E-state index is 0.355. The van der Waals surface area contributed by atoms with Crippen LogP contribution in [0.1, 0.15) is 33.6 Å². The van der Waals surface area contributed by atoms with Crippen molar-refractivity contribution in [3.05, 3.63) is 11.6 Å². The molecule has 0 aromatic rings. The van der Waals surface area contributed by atoms with Crippen LogP contribution >= 0.6 is 0 Å². The third-order valence-corrected chi connectivity index (χ3v) is 3.85. The number of imide groups is 1. The van der Waals surface area contributed by atoms with Crippen LogP contribution in [-0.2, 0) is 14.4 Å². The average Bonchev–Trinajstić information content (AvgIpc) is 2.64. The summed E-state index contributed by atoms with van der Waals surface area (Å²) in [5.74, 6) is -1.24. The van der Waals surface area contributed by atoms with E-state index < -0.39 is 23.4 Å². The Balaban J connectivity index is 2.43. The van der Waals surface area contributed by atoms with Crippen molar-refractivity contribution in [1.29, 1.82) is 0 Å². The highest BCUT2D eigenvalue weighted by Gasteiger charge is 2.59. The van der Waals surface area contributed by atoms with Gasteiger partial charge in [-0.1, -0.05) is 31.9 Å². The molecule has 1 saturated heterocycles. The van der Waals surface area contributed by atoms with Crippen LogP contribution in [0.5, 0.6) is 0 Å². The van der Waals surface area contributed by atoms with E-state index in [2.05, 4.69) is 4.84 Å². The van der Waals surface area contributed by atoms with Crippen LogP contribution in [0.15, 0.2) is 11.6 Å². The largest absolute Gasteiger partial charge is 0.531 e. The van der Waals surface area contributed by atoms with Crippen LogP contribution in [0.3, 0.4) is 0 Å². The van der Waals surface area contributed by atoms with Gasteiger partial charge in [0.05, 0.1) is 5.41 Å². The number of piperidine rings is 1. The quantitative estimate of drug-likeness (QED) is 0.719. The zero-order chi connectivity index (χ0) is 13.7. The number of hydroxylamine groups is 2. The van der Waals surface area contributed by atoms with E-state index in [0.29, 0.717) is 23.5 Å². The van der Waals surface area contributed by atoms with Crippen molar-refractivity contribution < 1.29 is 24.3 Å². The Morgan fingerprint density at radius 1 is 1.44 bits per heavy atom. The summed E-state index contributed by atoms with van der Waals surface area (Å²) in [5.41, 5.74) is -0.722. The van der Waals surface area contributed by atoms with Gasteiger partial charge in [0.15, 0.2) is 0 Å². The molecule has 98 valence electrons. The lowest BCUT2D eigenvalue weighted by atomic mass is 9.63. The highest BCUT2D eigenvalue weighted by Crippen LogP contribution is 2.54. The smallest absolute Gasteiger partial charge is 0.448 e. The number of carbonyl (C=O) groups is 3. The van der Waals surface area contributed by atoms with E-state index in [1.165, 1.54) is 0 Å². The number of nitrogens with zero attached hydrogens (tertiary/aromatic N) is 1. The van der Waals surface area contributed by atoms with Crippen LogP contribution < -0.4 is 0 Å². The summed E-state index contributed by atoms with van der Waals surface area (Å²) >= 11 is 0. The number of carboxylic acid groups (broad SMARTS) is 1. The molecule has 1 N–H and O–H groups in total. The Kier molecular flexibility index (Phi) is 2.50. The van der Waals surface area contributed by atoms with Crippen molar-refractivity contribution in [3.63, 3.8) is 0 Å². The van der Waals surface area contributed by atoms with Crippen molar-refractivity contribution in [3.8, 4) is 0 Å². The van der Waals surface area contributed by atoms with Gasteiger partial charge in [-0.25, -0.2) is 4.79 Å². The van der Waals surface area contributed by atoms with Crippen LogP contribution in [0, 0.1) is 10.8 Å². The first-order valence-corrected chi connectivity index (χ1v) is 5.68. The van der Waals surface area contributed by atoms with E-state index in [1.807, 2.05) is 20.8 Å². The molecule has 6 heteroatoms. The van der Waals surface area contributed by atoms with E-state index in [1.54, 1.807) is 6.08 Å². The van der Waals surface area contributed by atoms with Crippen molar-refractivity contribution in [2.24, 2.45) is 10.8 Å². The Bertz CT molecular complexity index is 473. The molecule has 0 spiro atoms. The summed E-state index contributed by atoms with van der Waals surface area (Å²) in [4.78, 5) is 39.1. The number of allylic oxidation sites excluding steroid dienone is 1. The summed E-state index contributed by atoms with van der Waals surface area (Å²) in [5, 5.41) is 8.98. The fourth-order valence-corrected chi connectivity index (χ4v) is 2.56. The second-order valence-corrected chi connectivity index (χ2v) is 5.70. The van der Waals surface area contributed by atoms with Gasteiger partial charge in [0.2, 0.25) is 0 Å². The summed E-state index contributed by atoms with van der Waals surface area (Å²) < 4.78 is 0. The summed E-state index contributed by atoms with van der Waals surface area (Å²) in [6.45, 7) is 5.70. The Morgan fingerprint density at radius 3 is 2.56 bits per heavy atom. The number of hydrogen-bond donors (Lipinski definition) is 1. The van der Waals surface area contributed by atoms with Crippen LogP contribution in [0.25, 0.3) is 0 Å². The molecular formula is C12H15NO5. The summed E-state index contributed by atoms with van der Waals surface area (Å²) in [7, 11) is 0. The molecule has 18 heavy (non-hydrogen) atoms. The third kappa shape index (κ3) is 1.52. The number of fused-ring (bicyclic) bond motifs is 2. The van der Waals surface area contributed by atoms with Crippen molar-refractivity contribution in [2.75, 3.05) is 0 Å². The van der Waals surface area contributed by atoms with E-state index in [-0.39, 0.29) is 5.41 Å². The Labute approximate surface area is 104 Å². The highest BCUT2D eigenvalue weighted by atomic mass is 16.8. The molecule has 2 aliphatic rings. The van der Waals surface area contributed by atoms with Crippen molar-refractivity contribution in [2.45, 2.75) is 33.6 Å². The van der Waals surface area contributed by atoms with E-state index in [4.69, 9.17) is 5.11 Å². The second kappa shape index (κ2) is 3.57. The molecule has 2 bridgehead atoms. The van der Waals surface area contributed by atoms with Crippen LogP contribution in [-0.4, -0.2) is 28.1 Å². The molecule has 1 atom stereocenters. The Hall–Kier alpha value is -1.85. The molecule has 1 heterocycles. The molecule has 1 aliphatic heterocycles. The van der Waals surface area contributed by atoms with Gasteiger partial charge in [-0.2, -0.15) is 0 Å². The second-order valence-electron chi connectivity index (χ2n) is 5.70. The number of rotatable bonds is 1. The maximum Gasteiger partial charge on any atom is 0.531 e. The minimum Gasteiger partial charge on any atom is -0.448 e. The average molecular weight is 253 g/mol. The van der Waals surface area contributed by atoms with Gasteiger partial charge in [-0.15, -0.1) is 0 Å².